The number of nitrogens with zero attached hydrogens (tertiary/aromatic N) is 4. The SMILES string of the molecule is CO[C@@H]1[C@H](O)[C@@H](CI)O[C@H]1n1cnc2c(NC(=O)c3ccccc3)ncnc21. The van der Waals surface area contributed by atoms with E-state index in [0.717, 1.165) is 0 Å². The Morgan fingerprint density at radius 3 is 2.82 bits per heavy atom. The zero-order valence-electron chi connectivity index (χ0n) is 14.9. The number of carbonyl (C=O) groups is 1. The number of aromatic nitrogens is 4. The van der Waals surface area contributed by atoms with Crippen LogP contribution in [0.5, 0.6) is 0 Å². The first-order chi connectivity index (χ1) is 13.6. The number of methoxy groups -OCH3 is 1. The van der Waals surface area contributed by atoms with Crippen molar-refractivity contribution >= 4 is 45.5 Å². The molecule has 0 unspecified atom stereocenters. The average molecular weight is 495 g/mol. The Balaban J connectivity index is 1.66. The summed E-state index contributed by atoms with van der Waals surface area (Å²) in [5.41, 5.74) is 1.42. The van der Waals surface area contributed by atoms with Gasteiger partial charge in [0.15, 0.2) is 23.2 Å². The molecule has 4 rings (SSSR count). The molecule has 4 atom stereocenters. The van der Waals surface area contributed by atoms with Gasteiger partial charge in [-0.1, -0.05) is 40.8 Å². The number of hydrogen-bond acceptors (Lipinski definition) is 7. The first-order valence-corrected chi connectivity index (χ1v) is 10.1. The molecule has 0 spiro atoms. The average Bonchev–Trinajstić information content (AvgIpc) is 3.29. The molecular formula is C18H18IN5O4. The number of halogens is 1. The molecule has 0 bridgehead atoms. The monoisotopic (exact) mass is 495 g/mol. The van der Waals surface area contributed by atoms with Crippen molar-refractivity contribution in [3.63, 3.8) is 0 Å². The minimum atomic E-state index is -0.761. The van der Waals surface area contributed by atoms with Crippen molar-refractivity contribution in [3.05, 3.63) is 48.5 Å². The molecule has 1 aromatic carbocycles. The second-order valence-corrected chi connectivity index (χ2v) is 7.16. The van der Waals surface area contributed by atoms with E-state index < -0.39 is 18.4 Å². The molecule has 1 saturated heterocycles. The van der Waals surface area contributed by atoms with Gasteiger partial charge in [-0.05, 0) is 12.1 Å². The summed E-state index contributed by atoms with van der Waals surface area (Å²) < 4.78 is 13.7. The zero-order valence-corrected chi connectivity index (χ0v) is 17.1. The highest BCUT2D eigenvalue weighted by Gasteiger charge is 2.45. The number of benzene rings is 1. The van der Waals surface area contributed by atoms with E-state index in [4.69, 9.17) is 9.47 Å². The van der Waals surface area contributed by atoms with Gasteiger partial charge in [-0.15, -0.1) is 0 Å². The van der Waals surface area contributed by atoms with Gasteiger partial charge in [-0.25, -0.2) is 15.0 Å². The van der Waals surface area contributed by atoms with Crippen LogP contribution < -0.4 is 5.32 Å². The van der Waals surface area contributed by atoms with E-state index in [-0.39, 0.29) is 12.0 Å². The summed E-state index contributed by atoms with van der Waals surface area (Å²) >= 11 is 2.16. The summed E-state index contributed by atoms with van der Waals surface area (Å²) in [7, 11) is 1.53. The largest absolute Gasteiger partial charge is 0.387 e. The van der Waals surface area contributed by atoms with Crippen LogP contribution in [0.3, 0.4) is 0 Å². The van der Waals surface area contributed by atoms with Crippen molar-refractivity contribution in [2.24, 2.45) is 0 Å². The number of nitrogens with one attached hydrogen (secondary N) is 1. The first-order valence-electron chi connectivity index (χ1n) is 8.60. The molecule has 3 heterocycles. The summed E-state index contributed by atoms with van der Waals surface area (Å²) in [5.74, 6) is 0.0120. The highest BCUT2D eigenvalue weighted by atomic mass is 127. The second kappa shape index (κ2) is 8.07. The number of alkyl halides is 1. The van der Waals surface area contributed by atoms with Gasteiger partial charge in [0.25, 0.3) is 5.91 Å². The minimum absolute atomic E-state index is 0.289. The van der Waals surface area contributed by atoms with Gasteiger partial charge >= 0.3 is 0 Å². The molecule has 2 N–H and O–H groups in total. The van der Waals surface area contributed by atoms with Crippen molar-refractivity contribution in [1.82, 2.24) is 19.5 Å². The fraction of sp³-hybridized carbons (Fsp3) is 0.333. The highest BCUT2D eigenvalue weighted by molar-refractivity contribution is 14.1. The number of rotatable bonds is 5. The Morgan fingerprint density at radius 2 is 2.11 bits per heavy atom. The van der Waals surface area contributed by atoms with E-state index in [9.17, 15) is 9.90 Å². The third kappa shape index (κ3) is 3.36. The molecule has 1 aliphatic heterocycles. The Labute approximate surface area is 174 Å². The molecule has 0 radical (unpaired) electrons. The van der Waals surface area contributed by atoms with Gasteiger partial charge < -0.3 is 19.9 Å². The van der Waals surface area contributed by atoms with E-state index in [2.05, 4.69) is 42.9 Å². The predicted octanol–water partition coefficient (Wildman–Crippen LogP) is 1.79. The molecule has 10 heteroatoms. The Bertz CT molecular complexity index is 983. The lowest BCUT2D eigenvalue weighted by Gasteiger charge is -2.19. The van der Waals surface area contributed by atoms with Crippen molar-refractivity contribution in [2.45, 2.75) is 24.5 Å². The zero-order chi connectivity index (χ0) is 19.7. The van der Waals surface area contributed by atoms with Crippen LogP contribution in [0.25, 0.3) is 11.2 Å². The van der Waals surface area contributed by atoms with Crippen molar-refractivity contribution < 1.29 is 19.4 Å². The van der Waals surface area contributed by atoms with Gasteiger partial charge in [-0.3, -0.25) is 9.36 Å². The van der Waals surface area contributed by atoms with Crippen LogP contribution in [0.15, 0.2) is 43.0 Å². The lowest BCUT2D eigenvalue weighted by molar-refractivity contribution is -0.0465. The van der Waals surface area contributed by atoms with Gasteiger partial charge in [0.2, 0.25) is 0 Å². The Morgan fingerprint density at radius 1 is 1.32 bits per heavy atom. The minimum Gasteiger partial charge on any atom is -0.387 e. The first kappa shape index (κ1) is 19.2. The smallest absolute Gasteiger partial charge is 0.256 e. The van der Waals surface area contributed by atoms with E-state index >= 15 is 0 Å². The molecule has 3 aromatic rings. The number of amides is 1. The van der Waals surface area contributed by atoms with Crippen LogP contribution in [0, 0.1) is 0 Å². The second-order valence-electron chi connectivity index (χ2n) is 6.28. The fourth-order valence-corrected chi connectivity index (χ4v) is 3.95. The summed E-state index contributed by atoms with van der Waals surface area (Å²) in [5, 5.41) is 13.2. The molecule has 1 amide bonds. The maximum absolute atomic E-state index is 12.5. The number of ether oxygens (including phenoxy) is 2. The van der Waals surface area contributed by atoms with Gasteiger partial charge in [0, 0.05) is 17.1 Å². The van der Waals surface area contributed by atoms with Crippen molar-refractivity contribution in [1.29, 1.82) is 0 Å². The van der Waals surface area contributed by atoms with Gasteiger partial charge in [-0.2, -0.15) is 0 Å². The number of aliphatic hydroxyl groups is 1. The number of aliphatic hydroxyl groups excluding tert-OH is 1. The molecule has 1 aliphatic rings. The summed E-state index contributed by atoms with van der Waals surface area (Å²) in [4.78, 5) is 25.3. The summed E-state index contributed by atoms with van der Waals surface area (Å²) in [6, 6.07) is 8.85. The third-order valence-corrected chi connectivity index (χ3v) is 5.51. The third-order valence-electron chi connectivity index (χ3n) is 4.64. The molecule has 0 aliphatic carbocycles. The quantitative estimate of drug-likeness (QED) is 0.410. The van der Waals surface area contributed by atoms with Gasteiger partial charge in [0.05, 0.1) is 12.4 Å². The topological polar surface area (TPSA) is 111 Å². The molecule has 9 nitrogen and oxygen atoms in total. The highest BCUT2D eigenvalue weighted by Crippen LogP contribution is 2.34. The Kier molecular flexibility index (Phi) is 5.53. The molecule has 2 aromatic heterocycles. The lowest BCUT2D eigenvalue weighted by Crippen LogP contribution is -2.33. The standard InChI is InChI=1S/C18H18IN5O4/c1-27-14-13(25)11(7-19)28-18(14)24-9-22-12-15(20-8-21-16(12)24)23-17(26)10-5-3-2-4-6-10/h2-6,8-9,11,13-14,18,25H,7H2,1H3,(H,20,21,23,26)/t11-,13-,14-,18-/m1/s1. The molecule has 28 heavy (non-hydrogen) atoms. The molecule has 1 fully saturated rings. The van der Waals surface area contributed by atoms with Crippen LogP contribution in [0.1, 0.15) is 16.6 Å². The predicted molar refractivity (Wildman–Crippen MR) is 109 cm³/mol. The van der Waals surface area contributed by atoms with E-state index in [1.54, 1.807) is 35.2 Å². The van der Waals surface area contributed by atoms with E-state index in [1.807, 2.05) is 6.07 Å². The number of hydrogen-bond donors (Lipinski definition) is 2. The fourth-order valence-electron chi connectivity index (χ4n) is 3.22. The molecular weight excluding hydrogens is 477 g/mol. The number of anilines is 1. The lowest BCUT2D eigenvalue weighted by atomic mass is 10.1. The van der Waals surface area contributed by atoms with Crippen LogP contribution in [-0.2, 0) is 9.47 Å². The van der Waals surface area contributed by atoms with Crippen LogP contribution in [-0.4, -0.2) is 60.4 Å². The maximum Gasteiger partial charge on any atom is 0.256 e. The number of fused-ring (bicyclic) bond motifs is 1. The number of imidazole rings is 1. The number of carbonyl (C=O) groups excluding carboxylic acids is 1. The normalized spacial score (nSPS) is 24.5. The maximum atomic E-state index is 12.5. The van der Waals surface area contributed by atoms with Crippen LogP contribution >= 0.6 is 22.6 Å². The van der Waals surface area contributed by atoms with Crippen molar-refractivity contribution in [2.75, 3.05) is 16.9 Å². The summed E-state index contributed by atoms with van der Waals surface area (Å²) in [6.45, 7) is 0. The Hall–Kier alpha value is -2.15. The summed E-state index contributed by atoms with van der Waals surface area (Å²) in [6.07, 6.45) is 0.642. The van der Waals surface area contributed by atoms with Crippen molar-refractivity contribution in [3.8, 4) is 0 Å². The molecule has 0 saturated carbocycles. The van der Waals surface area contributed by atoms with Gasteiger partial charge in [0.1, 0.15) is 18.5 Å². The van der Waals surface area contributed by atoms with Crippen LogP contribution in [0.2, 0.25) is 0 Å². The van der Waals surface area contributed by atoms with Crippen LogP contribution in [0.4, 0.5) is 5.82 Å². The van der Waals surface area contributed by atoms with E-state index in [0.29, 0.717) is 27.0 Å². The molecule has 146 valence electrons. The van der Waals surface area contributed by atoms with E-state index in [1.165, 1.54) is 13.4 Å².